The summed E-state index contributed by atoms with van der Waals surface area (Å²) in [6.07, 6.45) is 8.81. The molecule has 0 spiro atoms. The second-order valence-corrected chi connectivity index (χ2v) is 10.2. The van der Waals surface area contributed by atoms with Gasteiger partial charge in [0, 0.05) is 37.3 Å². The van der Waals surface area contributed by atoms with Gasteiger partial charge in [0.1, 0.15) is 5.75 Å². The lowest BCUT2D eigenvalue weighted by Crippen LogP contribution is -2.48. The Hall–Kier alpha value is -2.62. The molecule has 3 unspecified atom stereocenters. The number of likely N-dealkylation sites (N-methyl/N-ethyl adjacent to an activating group) is 1. The highest BCUT2D eigenvalue weighted by atomic mass is 32.2. The van der Waals surface area contributed by atoms with Gasteiger partial charge in [0.15, 0.2) is 5.62 Å². The van der Waals surface area contributed by atoms with Gasteiger partial charge in [0.25, 0.3) is 0 Å². The minimum atomic E-state index is 0.00632. The molecule has 2 aliphatic heterocycles. The number of thioether (sulfide) groups is 1. The first-order chi connectivity index (χ1) is 18.0. The fraction of sp³-hybridized carbons (Fsp3) is 0.536. The average molecular weight is 529 g/mol. The van der Waals surface area contributed by atoms with E-state index in [0.717, 1.165) is 48.1 Å². The van der Waals surface area contributed by atoms with Crippen molar-refractivity contribution in [1.82, 2.24) is 20.1 Å². The Labute approximate surface area is 224 Å². The number of amides is 2. The molecule has 1 aromatic heterocycles. The van der Waals surface area contributed by atoms with Crippen LogP contribution in [0.25, 0.3) is 10.9 Å². The molecular formula is C28H40N4O4S. The number of fused-ring (bicyclic) bond motifs is 1. The molecule has 1 aromatic carbocycles. The molecule has 202 valence electrons. The number of benzene rings is 1. The monoisotopic (exact) mass is 528 g/mol. The minimum absolute atomic E-state index is 0.00632. The molecule has 0 radical (unpaired) electrons. The lowest BCUT2D eigenvalue weighted by Gasteiger charge is -2.40. The molecule has 2 aromatic rings. The Morgan fingerprint density at radius 3 is 2.76 bits per heavy atom. The van der Waals surface area contributed by atoms with E-state index in [1.54, 1.807) is 13.4 Å². The molecule has 9 heteroatoms. The smallest absolute Gasteiger partial charge is 0.317 e. The van der Waals surface area contributed by atoms with Crippen LogP contribution < -0.4 is 10.1 Å². The van der Waals surface area contributed by atoms with Crippen molar-refractivity contribution in [2.24, 2.45) is 11.8 Å². The van der Waals surface area contributed by atoms with Gasteiger partial charge < -0.3 is 24.6 Å². The van der Waals surface area contributed by atoms with E-state index in [1.165, 1.54) is 17.3 Å². The lowest BCUT2D eigenvalue weighted by molar-refractivity contribution is 0.0526. The summed E-state index contributed by atoms with van der Waals surface area (Å²) in [4.78, 5) is 30.5. The van der Waals surface area contributed by atoms with Crippen LogP contribution in [0.4, 0.5) is 4.79 Å². The number of likely N-dealkylation sites (tertiary alicyclic amines) is 1. The second-order valence-electron chi connectivity index (χ2n) is 9.49. The molecule has 2 aliphatic rings. The maximum absolute atomic E-state index is 12.5. The summed E-state index contributed by atoms with van der Waals surface area (Å²) in [5, 5.41) is 4.30. The highest BCUT2D eigenvalue weighted by molar-refractivity contribution is 8.11. The van der Waals surface area contributed by atoms with E-state index in [0.29, 0.717) is 44.8 Å². The maximum atomic E-state index is 12.5. The number of rotatable bonds is 8. The van der Waals surface area contributed by atoms with Crippen LogP contribution in [0.1, 0.15) is 18.4 Å². The highest BCUT2D eigenvalue weighted by Crippen LogP contribution is 2.32. The van der Waals surface area contributed by atoms with Crippen LogP contribution in [0, 0.1) is 11.8 Å². The van der Waals surface area contributed by atoms with Crippen LogP contribution in [0.15, 0.2) is 43.1 Å². The van der Waals surface area contributed by atoms with Crippen LogP contribution in [-0.4, -0.2) is 92.3 Å². The fourth-order valence-corrected chi connectivity index (χ4v) is 5.09. The van der Waals surface area contributed by atoms with E-state index in [-0.39, 0.29) is 11.9 Å². The van der Waals surface area contributed by atoms with E-state index in [1.807, 2.05) is 29.3 Å². The van der Waals surface area contributed by atoms with Gasteiger partial charge in [-0.05, 0) is 80.8 Å². The molecule has 4 rings (SSSR count). The number of methoxy groups -OCH3 is 1. The minimum Gasteiger partial charge on any atom is -0.497 e. The maximum Gasteiger partial charge on any atom is 0.317 e. The summed E-state index contributed by atoms with van der Waals surface area (Å²) < 4.78 is 10.8. The normalized spacial score (nSPS) is 20.9. The van der Waals surface area contributed by atoms with Gasteiger partial charge in [-0.1, -0.05) is 17.8 Å². The van der Waals surface area contributed by atoms with E-state index in [2.05, 4.69) is 41.0 Å². The average Bonchev–Trinajstić information content (AvgIpc) is 2.95. The number of nitrogens with one attached hydrogen (secondary N) is 1. The Balaban J connectivity index is 0.000000886. The first-order valence-corrected chi connectivity index (χ1v) is 14.1. The largest absolute Gasteiger partial charge is 0.497 e. The summed E-state index contributed by atoms with van der Waals surface area (Å²) in [6, 6.07) is 8.64. The Kier molecular flexibility index (Phi) is 11.7. The molecule has 3 atom stereocenters. The van der Waals surface area contributed by atoms with E-state index in [9.17, 15) is 4.79 Å². The number of nitrogens with zero attached hydrogens (tertiary/aromatic N) is 3. The molecule has 0 bridgehead atoms. The van der Waals surface area contributed by atoms with Crippen molar-refractivity contribution in [2.75, 3.05) is 59.8 Å². The quantitative estimate of drug-likeness (QED) is 0.411. The van der Waals surface area contributed by atoms with Crippen LogP contribution >= 0.6 is 11.8 Å². The number of carbonyl (C=O) groups excluding carboxylic acids is 2. The predicted molar refractivity (Wildman–Crippen MR) is 151 cm³/mol. The van der Waals surface area contributed by atoms with Crippen molar-refractivity contribution in [1.29, 1.82) is 0 Å². The predicted octanol–water partition coefficient (Wildman–Crippen LogP) is 3.88. The summed E-state index contributed by atoms with van der Waals surface area (Å²) in [5.74, 6) is 1.62. The number of carbonyl (C=O) groups is 2. The Morgan fingerprint density at radius 1 is 1.32 bits per heavy atom. The van der Waals surface area contributed by atoms with E-state index in [4.69, 9.17) is 14.3 Å². The van der Waals surface area contributed by atoms with Gasteiger partial charge in [-0.2, -0.15) is 0 Å². The highest BCUT2D eigenvalue weighted by Gasteiger charge is 2.31. The SMILES string of the molecule is C=CC(CNC(=O)N1CCOCC1)C1CCN(C)C(Cc2ccnc3ccc(OC)cc23)C1.CSC=O. The van der Waals surface area contributed by atoms with E-state index < -0.39 is 0 Å². The van der Waals surface area contributed by atoms with Crippen LogP contribution in [-0.2, 0) is 16.0 Å². The number of ether oxygens (including phenoxy) is 2. The first-order valence-electron chi connectivity index (χ1n) is 12.8. The van der Waals surface area contributed by atoms with Crippen molar-refractivity contribution < 1.29 is 19.1 Å². The topological polar surface area (TPSA) is 84.0 Å². The molecule has 2 amide bonds. The molecular weight excluding hydrogens is 488 g/mol. The van der Waals surface area contributed by atoms with Gasteiger partial charge in [0.05, 0.1) is 25.8 Å². The molecule has 1 N–H and O–H groups in total. The van der Waals surface area contributed by atoms with Crippen LogP contribution in [0.5, 0.6) is 5.75 Å². The lowest BCUT2D eigenvalue weighted by atomic mass is 9.79. The van der Waals surface area contributed by atoms with E-state index >= 15 is 0 Å². The molecule has 0 saturated carbocycles. The number of hydrogen-bond acceptors (Lipinski definition) is 7. The molecule has 37 heavy (non-hydrogen) atoms. The van der Waals surface area contributed by atoms with Crippen molar-refractivity contribution in [3.63, 3.8) is 0 Å². The zero-order valence-corrected chi connectivity index (χ0v) is 23.0. The first kappa shape index (κ1) is 28.9. The standard InChI is InChI=1S/C26H36N4O3.C2H4OS/c1-4-19(18-28-26(31)30-11-13-33-14-12-30)20-8-10-29(2)22(15-20)16-21-7-9-27-25-6-5-23(32-3)17-24(21)25;1-4-2-3/h4-7,9,17,19-20,22H,1,8,10-16,18H2,2-3H3,(H,28,31);2H,1H3. The molecule has 0 aliphatic carbocycles. The Bertz CT molecular complexity index is 1030. The third-order valence-electron chi connectivity index (χ3n) is 7.34. The fourth-order valence-electron chi connectivity index (χ4n) is 5.09. The summed E-state index contributed by atoms with van der Waals surface area (Å²) in [6.45, 7) is 8.32. The summed E-state index contributed by atoms with van der Waals surface area (Å²) in [7, 11) is 3.91. The van der Waals surface area contributed by atoms with Crippen LogP contribution in [0.2, 0.25) is 0 Å². The third-order valence-corrected chi connectivity index (χ3v) is 7.53. The summed E-state index contributed by atoms with van der Waals surface area (Å²) in [5.41, 5.74) is 3.09. The summed E-state index contributed by atoms with van der Waals surface area (Å²) >= 11 is 1.18. The number of morpholine rings is 1. The van der Waals surface area contributed by atoms with Gasteiger partial charge in [0.2, 0.25) is 0 Å². The molecule has 2 fully saturated rings. The van der Waals surface area contributed by atoms with Crippen molar-refractivity contribution in [3.8, 4) is 5.75 Å². The number of hydrogen-bond donors (Lipinski definition) is 1. The Morgan fingerprint density at radius 2 is 2.08 bits per heavy atom. The van der Waals surface area contributed by atoms with Gasteiger partial charge in [-0.25, -0.2) is 4.79 Å². The van der Waals surface area contributed by atoms with Gasteiger partial charge in [-0.3, -0.25) is 9.78 Å². The van der Waals surface area contributed by atoms with Crippen molar-refractivity contribution in [2.45, 2.75) is 25.3 Å². The van der Waals surface area contributed by atoms with Gasteiger partial charge >= 0.3 is 6.03 Å². The van der Waals surface area contributed by atoms with Crippen LogP contribution in [0.3, 0.4) is 0 Å². The second kappa shape index (κ2) is 15.0. The van der Waals surface area contributed by atoms with Crippen molar-refractivity contribution >= 4 is 34.3 Å². The zero-order valence-electron chi connectivity index (χ0n) is 22.2. The van der Waals surface area contributed by atoms with Gasteiger partial charge in [-0.15, -0.1) is 6.58 Å². The number of urea groups is 1. The third kappa shape index (κ3) is 8.18. The molecule has 2 saturated heterocycles. The molecule has 3 heterocycles. The number of aromatic nitrogens is 1. The zero-order chi connectivity index (χ0) is 26.6. The number of piperidine rings is 1. The number of pyridine rings is 1. The molecule has 8 nitrogen and oxygen atoms in total. The van der Waals surface area contributed by atoms with Crippen molar-refractivity contribution in [3.05, 3.63) is 48.7 Å².